The van der Waals surface area contributed by atoms with Gasteiger partial charge in [0.25, 0.3) is 0 Å². The molecule has 1 aliphatic heterocycles. The quantitative estimate of drug-likeness (QED) is 0.107. The summed E-state index contributed by atoms with van der Waals surface area (Å²) in [4.78, 5) is 48.3. The van der Waals surface area contributed by atoms with Crippen molar-refractivity contribution < 1.29 is 38.1 Å². The SMILES string of the molecule is CCO/C=C(\C(=O)OCC)C(=O)c1cccc(OC)n1.CCOC(=O)C1=CCN=C1c1cccc(OC)n1. The molecule has 0 radical (unpaired) electrons. The number of nitrogens with zero attached hydrogens (tertiary/aromatic N) is 3. The lowest BCUT2D eigenvalue weighted by molar-refractivity contribution is -0.139. The zero-order valence-electron chi connectivity index (χ0n) is 22.1. The topological polar surface area (TPSA) is 136 Å². The molecule has 11 nitrogen and oxygen atoms in total. The van der Waals surface area contributed by atoms with Gasteiger partial charge in [-0.3, -0.25) is 9.79 Å². The summed E-state index contributed by atoms with van der Waals surface area (Å²) < 4.78 is 24.8. The fourth-order valence-corrected chi connectivity index (χ4v) is 3.04. The predicted molar refractivity (Wildman–Crippen MR) is 138 cm³/mol. The molecule has 2 aromatic rings. The van der Waals surface area contributed by atoms with E-state index in [0.717, 1.165) is 6.26 Å². The van der Waals surface area contributed by atoms with E-state index in [1.54, 1.807) is 58.2 Å². The highest BCUT2D eigenvalue weighted by Gasteiger charge is 2.24. The van der Waals surface area contributed by atoms with Crippen LogP contribution in [0.3, 0.4) is 0 Å². The van der Waals surface area contributed by atoms with Gasteiger partial charge in [-0.1, -0.05) is 12.1 Å². The third-order valence-electron chi connectivity index (χ3n) is 4.74. The van der Waals surface area contributed by atoms with Gasteiger partial charge >= 0.3 is 11.9 Å². The Labute approximate surface area is 221 Å². The minimum atomic E-state index is -0.740. The molecule has 0 atom stereocenters. The van der Waals surface area contributed by atoms with Crippen LogP contribution in [-0.2, 0) is 23.8 Å². The van der Waals surface area contributed by atoms with Crippen LogP contribution in [-0.4, -0.2) is 74.0 Å². The second kappa shape index (κ2) is 15.5. The lowest BCUT2D eigenvalue weighted by Gasteiger charge is -2.07. The maximum absolute atomic E-state index is 12.3. The van der Waals surface area contributed by atoms with Crippen LogP contribution in [0.15, 0.2) is 64.9 Å². The van der Waals surface area contributed by atoms with Crippen LogP contribution in [0.25, 0.3) is 0 Å². The van der Waals surface area contributed by atoms with Gasteiger partial charge in [-0.2, -0.15) is 0 Å². The Balaban J connectivity index is 0.000000268. The maximum Gasteiger partial charge on any atom is 0.345 e. The molecule has 0 amide bonds. The molecule has 2 aromatic heterocycles. The normalized spacial score (nSPS) is 12.3. The second-order valence-electron chi connectivity index (χ2n) is 7.19. The molecule has 0 saturated carbocycles. The number of pyridine rings is 2. The molecule has 0 fully saturated rings. The van der Waals surface area contributed by atoms with Crippen LogP contribution in [0.2, 0.25) is 0 Å². The van der Waals surface area contributed by atoms with Crippen molar-refractivity contribution in [2.24, 2.45) is 4.99 Å². The molecule has 38 heavy (non-hydrogen) atoms. The van der Waals surface area contributed by atoms with Crippen molar-refractivity contribution in [3.63, 3.8) is 0 Å². The molecule has 11 heteroatoms. The fraction of sp³-hybridized carbons (Fsp3) is 0.333. The minimum absolute atomic E-state index is 0.0864. The Morgan fingerprint density at radius 3 is 2.16 bits per heavy atom. The van der Waals surface area contributed by atoms with E-state index in [1.807, 2.05) is 6.07 Å². The van der Waals surface area contributed by atoms with Crippen LogP contribution in [0.5, 0.6) is 11.8 Å². The number of ether oxygens (including phenoxy) is 5. The Bertz CT molecular complexity index is 1220. The average molecular weight is 526 g/mol. The van der Waals surface area contributed by atoms with Gasteiger partial charge in [0.05, 0.1) is 57.6 Å². The van der Waals surface area contributed by atoms with E-state index in [4.69, 9.17) is 23.7 Å². The highest BCUT2D eigenvalue weighted by Crippen LogP contribution is 2.17. The van der Waals surface area contributed by atoms with Gasteiger partial charge in [0.1, 0.15) is 17.5 Å². The van der Waals surface area contributed by atoms with Crippen LogP contribution >= 0.6 is 0 Å². The highest BCUT2D eigenvalue weighted by atomic mass is 16.5. The zero-order chi connectivity index (χ0) is 27.9. The molecule has 0 bridgehead atoms. The van der Waals surface area contributed by atoms with E-state index < -0.39 is 11.8 Å². The fourth-order valence-electron chi connectivity index (χ4n) is 3.04. The van der Waals surface area contributed by atoms with Crippen molar-refractivity contribution in [2.75, 3.05) is 40.6 Å². The van der Waals surface area contributed by atoms with Crippen molar-refractivity contribution in [3.05, 3.63) is 71.3 Å². The van der Waals surface area contributed by atoms with Crippen LogP contribution < -0.4 is 9.47 Å². The predicted octanol–water partition coefficient (Wildman–Crippen LogP) is 3.14. The third-order valence-corrected chi connectivity index (χ3v) is 4.74. The molecule has 0 spiro atoms. The highest BCUT2D eigenvalue weighted by molar-refractivity contribution is 6.27. The molecule has 3 rings (SSSR count). The molecule has 0 aromatic carbocycles. The molecule has 0 saturated heterocycles. The molecule has 3 heterocycles. The summed E-state index contributed by atoms with van der Waals surface area (Å²) >= 11 is 0. The number of Topliss-reactive ketones (excluding diaryl/α,β-unsaturated/α-hetero) is 1. The maximum atomic E-state index is 12.3. The number of carbonyl (C=O) groups is 3. The largest absolute Gasteiger partial charge is 0.500 e. The number of esters is 2. The number of carbonyl (C=O) groups excluding carboxylic acids is 3. The summed E-state index contributed by atoms with van der Waals surface area (Å²) in [5.41, 5.74) is 1.54. The first-order valence-electron chi connectivity index (χ1n) is 11.9. The van der Waals surface area contributed by atoms with Gasteiger partial charge in [-0.05, 0) is 39.0 Å². The average Bonchev–Trinajstić information content (AvgIpc) is 3.44. The lowest BCUT2D eigenvalue weighted by Crippen LogP contribution is -2.18. The van der Waals surface area contributed by atoms with E-state index >= 15 is 0 Å². The van der Waals surface area contributed by atoms with E-state index in [0.29, 0.717) is 42.6 Å². The van der Waals surface area contributed by atoms with Gasteiger partial charge in [0, 0.05) is 12.1 Å². The van der Waals surface area contributed by atoms with E-state index in [1.165, 1.54) is 13.2 Å². The molecule has 0 unspecified atom stereocenters. The number of ketones is 1. The van der Waals surface area contributed by atoms with Crippen molar-refractivity contribution in [2.45, 2.75) is 20.8 Å². The summed E-state index contributed by atoms with van der Waals surface area (Å²) in [6, 6.07) is 10.1. The summed E-state index contributed by atoms with van der Waals surface area (Å²) in [5, 5.41) is 0. The van der Waals surface area contributed by atoms with Gasteiger partial charge in [0.2, 0.25) is 17.5 Å². The van der Waals surface area contributed by atoms with Crippen molar-refractivity contribution >= 4 is 23.4 Å². The van der Waals surface area contributed by atoms with Crippen LogP contribution in [0.1, 0.15) is 37.0 Å². The molecular formula is C27H31N3O8. The van der Waals surface area contributed by atoms with Gasteiger partial charge in [0.15, 0.2) is 0 Å². The number of aliphatic imine (C=N–C) groups is 1. The van der Waals surface area contributed by atoms with E-state index in [2.05, 4.69) is 15.0 Å². The van der Waals surface area contributed by atoms with Crippen molar-refractivity contribution in [1.82, 2.24) is 9.97 Å². The monoisotopic (exact) mass is 525 g/mol. The van der Waals surface area contributed by atoms with E-state index in [-0.39, 0.29) is 29.7 Å². The molecule has 0 N–H and O–H groups in total. The number of hydrogen-bond donors (Lipinski definition) is 0. The van der Waals surface area contributed by atoms with E-state index in [9.17, 15) is 14.4 Å². The van der Waals surface area contributed by atoms with Gasteiger partial charge in [-0.25, -0.2) is 19.6 Å². The Morgan fingerprint density at radius 1 is 0.868 bits per heavy atom. The second-order valence-corrected chi connectivity index (χ2v) is 7.19. The van der Waals surface area contributed by atoms with Gasteiger partial charge in [-0.15, -0.1) is 0 Å². The first kappa shape index (κ1) is 29.7. The van der Waals surface area contributed by atoms with Crippen LogP contribution in [0, 0.1) is 0 Å². The number of rotatable bonds is 11. The number of methoxy groups -OCH3 is 2. The van der Waals surface area contributed by atoms with Crippen molar-refractivity contribution in [1.29, 1.82) is 0 Å². The number of hydrogen-bond acceptors (Lipinski definition) is 11. The van der Waals surface area contributed by atoms with Crippen LogP contribution in [0.4, 0.5) is 0 Å². The summed E-state index contributed by atoms with van der Waals surface area (Å²) in [5.74, 6) is -0.898. The summed E-state index contributed by atoms with van der Waals surface area (Å²) in [7, 11) is 2.99. The minimum Gasteiger partial charge on any atom is -0.500 e. The third kappa shape index (κ3) is 8.26. The molecule has 0 aliphatic carbocycles. The molecule has 1 aliphatic rings. The zero-order valence-corrected chi connectivity index (χ0v) is 22.1. The first-order valence-corrected chi connectivity index (χ1v) is 11.9. The Morgan fingerprint density at radius 2 is 1.53 bits per heavy atom. The molecule has 202 valence electrons. The number of aromatic nitrogens is 2. The summed E-state index contributed by atoms with van der Waals surface area (Å²) in [6.45, 7) is 6.49. The Hall–Kier alpha value is -4.54. The smallest absolute Gasteiger partial charge is 0.345 e. The van der Waals surface area contributed by atoms with Crippen molar-refractivity contribution in [3.8, 4) is 11.8 Å². The molecular weight excluding hydrogens is 494 g/mol. The lowest BCUT2D eigenvalue weighted by atomic mass is 10.1. The van der Waals surface area contributed by atoms with Gasteiger partial charge < -0.3 is 23.7 Å². The summed E-state index contributed by atoms with van der Waals surface area (Å²) in [6.07, 6.45) is 2.84. The Kier molecular flexibility index (Phi) is 12.1. The standard InChI is InChI=1S/C14H17NO5.C13H14N2O3/c1-4-19-9-10(14(17)20-5-2)13(16)11-7-6-8-12(15-11)18-3;1-3-18-13(16)9-7-8-14-12(9)10-5-4-6-11(15-10)17-2/h6-9H,4-5H2,1-3H3;4-7H,3,8H2,1-2H3/b10-9-;. The first-order chi connectivity index (χ1) is 18.4.